The smallest absolute Gasteiger partial charge is 0.127 e. The van der Waals surface area contributed by atoms with Gasteiger partial charge in [0, 0.05) is 25.0 Å². The fourth-order valence-electron chi connectivity index (χ4n) is 2.83. The summed E-state index contributed by atoms with van der Waals surface area (Å²) in [6.45, 7) is 13.3. The second-order valence-corrected chi connectivity index (χ2v) is 6.05. The van der Waals surface area contributed by atoms with Gasteiger partial charge in [-0.25, -0.2) is 0 Å². The van der Waals surface area contributed by atoms with Crippen LogP contribution >= 0.6 is 0 Å². The zero-order chi connectivity index (χ0) is 13.1. The molecular weight excluding hydrogens is 214 g/mol. The van der Waals surface area contributed by atoms with Crippen molar-refractivity contribution in [2.75, 3.05) is 19.6 Å². The van der Waals surface area contributed by atoms with Gasteiger partial charge in [0.15, 0.2) is 0 Å². The molecule has 0 aromatic heterocycles. The Labute approximate surface area is 106 Å². The van der Waals surface area contributed by atoms with Crippen LogP contribution in [0.1, 0.15) is 47.5 Å². The minimum atomic E-state index is -0.173. The average molecular weight is 241 g/mol. The van der Waals surface area contributed by atoms with Gasteiger partial charge in [0.1, 0.15) is 6.29 Å². The topological polar surface area (TPSA) is 29.5 Å². The quantitative estimate of drug-likeness (QED) is 0.693. The van der Waals surface area contributed by atoms with Gasteiger partial charge in [0.25, 0.3) is 0 Å². The van der Waals surface area contributed by atoms with Gasteiger partial charge in [-0.05, 0) is 33.6 Å². The molecule has 0 saturated carbocycles. The van der Waals surface area contributed by atoms with E-state index in [9.17, 15) is 4.79 Å². The number of morpholine rings is 1. The zero-order valence-corrected chi connectivity index (χ0v) is 12.0. The maximum absolute atomic E-state index is 11.3. The Bertz CT molecular complexity index is 259. The van der Waals surface area contributed by atoms with Gasteiger partial charge in [0.05, 0.1) is 11.7 Å². The van der Waals surface area contributed by atoms with E-state index in [1.165, 1.54) is 0 Å². The maximum Gasteiger partial charge on any atom is 0.127 e. The van der Waals surface area contributed by atoms with Gasteiger partial charge in [-0.15, -0.1) is 0 Å². The number of hydrogen-bond donors (Lipinski definition) is 0. The molecule has 1 aliphatic rings. The molecular formula is C14H27NO2. The highest BCUT2D eigenvalue weighted by Gasteiger charge is 2.35. The second-order valence-electron chi connectivity index (χ2n) is 6.05. The molecule has 1 unspecified atom stereocenters. The molecule has 3 heteroatoms. The van der Waals surface area contributed by atoms with Crippen LogP contribution in [0.5, 0.6) is 0 Å². The SMILES string of the molecule is CCC(C=O)(CC)CN1CC(C)OC(C)(C)C1. The Morgan fingerprint density at radius 1 is 1.41 bits per heavy atom. The first-order valence-corrected chi connectivity index (χ1v) is 6.73. The molecule has 1 heterocycles. The van der Waals surface area contributed by atoms with Gasteiger partial charge in [-0.1, -0.05) is 13.8 Å². The number of carbonyl (C=O) groups is 1. The number of ether oxygens (including phenoxy) is 1. The largest absolute Gasteiger partial charge is 0.370 e. The van der Waals surface area contributed by atoms with Crippen molar-refractivity contribution in [3.05, 3.63) is 0 Å². The van der Waals surface area contributed by atoms with E-state index in [-0.39, 0.29) is 17.1 Å². The van der Waals surface area contributed by atoms with Crippen LogP contribution in [-0.2, 0) is 9.53 Å². The van der Waals surface area contributed by atoms with E-state index in [0.29, 0.717) is 0 Å². The average Bonchev–Trinajstić information content (AvgIpc) is 2.23. The third kappa shape index (κ3) is 3.78. The normalized spacial score (nSPS) is 25.8. The van der Waals surface area contributed by atoms with Gasteiger partial charge < -0.3 is 9.53 Å². The number of nitrogens with zero attached hydrogens (tertiary/aromatic N) is 1. The molecule has 0 aromatic rings. The summed E-state index contributed by atoms with van der Waals surface area (Å²) in [6, 6.07) is 0. The van der Waals surface area contributed by atoms with Crippen LogP contribution in [-0.4, -0.2) is 42.5 Å². The monoisotopic (exact) mass is 241 g/mol. The lowest BCUT2D eigenvalue weighted by molar-refractivity contribution is -0.140. The Hall–Kier alpha value is -0.410. The molecule has 0 bridgehead atoms. The third-order valence-electron chi connectivity index (χ3n) is 3.84. The van der Waals surface area contributed by atoms with Crippen molar-refractivity contribution in [2.24, 2.45) is 5.41 Å². The van der Waals surface area contributed by atoms with Crippen LogP contribution in [0.4, 0.5) is 0 Å². The van der Waals surface area contributed by atoms with Crippen molar-refractivity contribution in [3.8, 4) is 0 Å². The van der Waals surface area contributed by atoms with E-state index in [1.807, 2.05) is 0 Å². The molecule has 17 heavy (non-hydrogen) atoms. The van der Waals surface area contributed by atoms with E-state index in [1.54, 1.807) is 0 Å². The summed E-state index contributed by atoms with van der Waals surface area (Å²) < 4.78 is 5.89. The molecule has 0 N–H and O–H groups in total. The van der Waals surface area contributed by atoms with Crippen LogP contribution in [0.15, 0.2) is 0 Å². The van der Waals surface area contributed by atoms with E-state index in [4.69, 9.17) is 4.74 Å². The van der Waals surface area contributed by atoms with Crippen LogP contribution in [0, 0.1) is 5.41 Å². The Morgan fingerprint density at radius 3 is 2.41 bits per heavy atom. The summed E-state index contributed by atoms with van der Waals surface area (Å²) in [5.74, 6) is 0. The fraction of sp³-hybridized carbons (Fsp3) is 0.929. The first kappa shape index (κ1) is 14.7. The number of hydrogen-bond acceptors (Lipinski definition) is 3. The van der Waals surface area contributed by atoms with E-state index in [0.717, 1.165) is 38.8 Å². The van der Waals surface area contributed by atoms with Crippen LogP contribution < -0.4 is 0 Å². The fourth-order valence-corrected chi connectivity index (χ4v) is 2.83. The molecule has 1 aliphatic heterocycles. The van der Waals surface area contributed by atoms with Gasteiger partial charge in [0.2, 0.25) is 0 Å². The Balaban J connectivity index is 2.70. The minimum absolute atomic E-state index is 0.103. The van der Waals surface area contributed by atoms with Crippen molar-refractivity contribution >= 4 is 6.29 Å². The van der Waals surface area contributed by atoms with Gasteiger partial charge in [-0.2, -0.15) is 0 Å². The van der Waals surface area contributed by atoms with Crippen molar-refractivity contribution in [2.45, 2.75) is 59.2 Å². The zero-order valence-electron chi connectivity index (χ0n) is 12.0. The first-order chi connectivity index (χ1) is 7.86. The molecule has 1 atom stereocenters. The second kappa shape index (κ2) is 5.49. The summed E-state index contributed by atoms with van der Waals surface area (Å²) in [4.78, 5) is 13.7. The molecule has 0 amide bonds. The minimum Gasteiger partial charge on any atom is -0.370 e. The van der Waals surface area contributed by atoms with Crippen molar-refractivity contribution in [3.63, 3.8) is 0 Å². The van der Waals surface area contributed by atoms with Crippen molar-refractivity contribution in [1.82, 2.24) is 4.90 Å². The molecule has 3 nitrogen and oxygen atoms in total. The number of carbonyl (C=O) groups excluding carboxylic acids is 1. The highest BCUT2D eigenvalue weighted by molar-refractivity contribution is 5.59. The lowest BCUT2D eigenvalue weighted by atomic mass is 9.83. The van der Waals surface area contributed by atoms with Crippen LogP contribution in [0.25, 0.3) is 0 Å². The molecule has 0 radical (unpaired) electrons. The summed E-state index contributed by atoms with van der Waals surface area (Å²) >= 11 is 0. The summed E-state index contributed by atoms with van der Waals surface area (Å²) in [6.07, 6.45) is 3.23. The molecule has 100 valence electrons. The molecule has 0 spiro atoms. The molecule has 1 saturated heterocycles. The molecule has 1 rings (SSSR count). The molecule has 1 fully saturated rings. The predicted molar refractivity (Wildman–Crippen MR) is 70.1 cm³/mol. The summed E-state index contributed by atoms with van der Waals surface area (Å²) in [5, 5.41) is 0. The lowest BCUT2D eigenvalue weighted by Gasteiger charge is -2.44. The van der Waals surface area contributed by atoms with Crippen molar-refractivity contribution in [1.29, 1.82) is 0 Å². The molecule has 0 aliphatic carbocycles. The van der Waals surface area contributed by atoms with Gasteiger partial charge >= 0.3 is 0 Å². The van der Waals surface area contributed by atoms with Crippen LogP contribution in [0.2, 0.25) is 0 Å². The first-order valence-electron chi connectivity index (χ1n) is 6.73. The van der Waals surface area contributed by atoms with E-state index < -0.39 is 0 Å². The predicted octanol–water partition coefficient (Wildman–Crippen LogP) is 2.49. The highest BCUT2D eigenvalue weighted by Crippen LogP contribution is 2.28. The number of rotatable bonds is 5. The summed E-state index contributed by atoms with van der Waals surface area (Å²) in [7, 11) is 0. The van der Waals surface area contributed by atoms with Crippen molar-refractivity contribution < 1.29 is 9.53 Å². The maximum atomic E-state index is 11.3. The Morgan fingerprint density at radius 2 is 2.00 bits per heavy atom. The highest BCUT2D eigenvalue weighted by atomic mass is 16.5. The third-order valence-corrected chi connectivity index (χ3v) is 3.84. The van der Waals surface area contributed by atoms with Crippen LogP contribution in [0.3, 0.4) is 0 Å². The Kier molecular flexibility index (Phi) is 4.73. The molecule has 0 aromatic carbocycles. The number of aldehydes is 1. The lowest BCUT2D eigenvalue weighted by Crippen LogP contribution is -2.54. The summed E-state index contributed by atoms with van der Waals surface area (Å²) in [5.41, 5.74) is -0.277. The van der Waals surface area contributed by atoms with E-state index >= 15 is 0 Å². The van der Waals surface area contributed by atoms with Gasteiger partial charge in [-0.3, -0.25) is 4.90 Å². The standard InChI is InChI=1S/C14H27NO2/c1-6-14(7-2,11-16)10-15-8-12(3)17-13(4,5)9-15/h11-12H,6-10H2,1-5H3. The van der Waals surface area contributed by atoms with E-state index in [2.05, 4.69) is 39.5 Å².